The number of hydrogen-bond acceptors (Lipinski definition) is 4. The minimum absolute atomic E-state index is 0.106. The molecule has 0 unspecified atom stereocenters. The largest absolute Gasteiger partial charge is 0.485 e. The van der Waals surface area contributed by atoms with Gasteiger partial charge in [0.05, 0.1) is 18.7 Å². The number of carbonyl (C=O) groups excluding carboxylic acids is 1. The van der Waals surface area contributed by atoms with Crippen molar-refractivity contribution in [1.82, 2.24) is 4.90 Å². The standard InChI is InChI=1S/C15H17BrN2O3/c1-15(2,3)21-14(19)18-8-12(9-18)20-13-5-4-11(16)6-10(13)7-17/h4-6,12H,8-9H2,1-3H3. The van der Waals surface area contributed by atoms with Gasteiger partial charge in [-0.25, -0.2) is 4.79 Å². The van der Waals surface area contributed by atoms with Crippen LogP contribution in [0.1, 0.15) is 26.3 Å². The Bertz CT molecular complexity index is 584. The van der Waals surface area contributed by atoms with Gasteiger partial charge in [-0.15, -0.1) is 0 Å². The first-order valence-electron chi connectivity index (χ1n) is 6.63. The number of hydrogen-bond donors (Lipinski definition) is 0. The van der Waals surface area contributed by atoms with Gasteiger partial charge in [-0.05, 0) is 39.0 Å². The Morgan fingerprint density at radius 2 is 2.10 bits per heavy atom. The maximum Gasteiger partial charge on any atom is 0.410 e. The first-order valence-corrected chi connectivity index (χ1v) is 7.42. The molecule has 1 fully saturated rings. The maximum absolute atomic E-state index is 11.8. The molecule has 0 saturated carbocycles. The predicted octanol–water partition coefficient (Wildman–Crippen LogP) is 3.32. The Morgan fingerprint density at radius 1 is 1.43 bits per heavy atom. The van der Waals surface area contributed by atoms with Crippen molar-refractivity contribution in [3.8, 4) is 11.8 Å². The summed E-state index contributed by atoms with van der Waals surface area (Å²) in [6.07, 6.45) is -0.440. The molecule has 1 aromatic rings. The van der Waals surface area contributed by atoms with Crippen LogP contribution in [0.25, 0.3) is 0 Å². The molecule has 1 aliphatic heterocycles. The van der Waals surface area contributed by atoms with Crippen LogP contribution in [0.2, 0.25) is 0 Å². The van der Waals surface area contributed by atoms with Crippen molar-refractivity contribution in [2.24, 2.45) is 0 Å². The second-order valence-corrected chi connectivity index (χ2v) is 6.79. The second kappa shape index (κ2) is 5.94. The first kappa shape index (κ1) is 15.6. The van der Waals surface area contributed by atoms with E-state index in [1.807, 2.05) is 26.8 Å². The number of likely N-dealkylation sites (tertiary alicyclic amines) is 1. The molecule has 0 spiro atoms. The minimum Gasteiger partial charge on any atom is -0.485 e. The average Bonchev–Trinajstić information content (AvgIpc) is 2.32. The van der Waals surface area contributed by atoms with Crippen LogP contribution in [0.5, 0.6) is 5.75 Å². The predicted molar refractivity (Wildman–Crippen MR) is 81.1 cm³/mol. The summed E-state index contributed by atoms with van der Waals surface area (Å²) in [4.78, 5) is 13.4. The highest BCUT2D eigenvalue weighted by molar-refractivity contribution is 9.10. The third-order valence-corrected chi connectivity index (χ3v) is 3.35. The molecule has 0 N–H and O–H groups in total. The van der Waals surface area contributed by atoms with Gasteiger partial charge in [0.2, 0.25) is 0 Å². The highest BCUT2D eigenvalue weighted by Crippen LogP contribution is 2.26. The molecule has 0 aliphatic carbocycles. The van der Waals surface area contributed by atoms with E-state index in [4.69, 9.17) is 14.7 Å². The number of amides is 1. The quantitative estimate of drug-likeness (QED) is 0.818. The van der Waals surface area contributed by atoms with Crippen LogP contribution < -0.4 is 4.74 Å². The Labute approximate surface area is 132 Å². The number of benzene rings is 1. The van der Waals surface area contributed by atoms with Gasteiger partial charge in [0.25, 0.3) is 0 Å². The smallest absolute Gasteiger partial charge is 0.410 e. The molecule has 0 radical (unpaired) electrons. The Hall–Kier alpha value is -1.74. The van der Waals surface area contributed by atoms with Gasteiger partial charge in [-0.1, -0.05) is 15.9 Å². The fourth-order valence-corrected chi connectivity index (χ4v) is 2.22. The van der Waals surface area contributed by atoms with E-state index in [9.17, 15) is 4.79 Å². The fourth-order valence-electron chi connectivity index (χ4n) is 1.86. The number of rotatable bonds is 2. The maximum atomic E-state index is 11.8. The number of halogens is 1. The molecule has 1 heterocycles. The summed E-state index contributed by atoms with van der Waals surface area (Å²) in [7, 11) is 0. The van der Waals surface area contributed by atoms with Crippen molar-refractivity contribution in [2.75, 3.05) is 13.1 Å². The van der Waals surface area contributed by atoms with Gasteiger partial charge >= 0.3 is 6.09 Å². The zero-order valence-corrected chi connectivity index (χ0v) is 13.8. The summed E-state index contributed by atoms with van der Waals surface area (Å²) in [5.41, 5.74) is -0.0250. The molecule has 0 aromatic heterocycles. The lowest BCUT2D eigenvalue weighted by molar-refractivity contribution is -0.0222. The van der Waals surface area contributed by atoms with Crippen LogP contribution in [0.4, 0.5) is 4.79 Å². The van der Waals surface area contributed by atoms with Gasteiger partial charge in [0.15, 0.2) is 0 Å². The van der Waals surface area contributed by atoms with Gasteiger partial charge in [-0.3, -0.25) is 0 Å². The van der Waals surface area contributed by atoms with Crippen LogP contribution >= 0.6 is 15.9 Å². The molecule has 0 atom stereocenters. The van der Waals surface area contributed by atoms with Crippen LogP contribution in [0.3, 0.4) is 0 Å². The van der Waals surface area contributed by atoms with Gasteiger partial charge in [0, 0.05) is 4.47 Å². The monoisotopic (exact) mass is 352 g/mol. The second-order valence-electron chi connectivity index (χ2n) is 5.88. The molecule has 2 rings (SSSR count). The van der Waals surface area contributed by atoms with E-state index in [1.165, 1.54) is 0 Å². The third kappa shape index (κ3) is 4.11. The van der Waals surface area contributed by atoms with Crippen molar-refractivity contribution in [3.63, 3.8) is 0 Å². The highest BCUT2D eigenvalue weighted by Gasteiger charge is 2.35. The van der Waals surface area contributed by atoms with Crippen LogP contribution in [0.15, 0.2) is 22.7 Å². The molecular formula is C15H17BrN2O3. The lowest BCUT2D eigenvalue weighted by Crippen LogP contribution is -2.57. The number of ether oxygens (including phenoxy) is 2. The normalized spacial score (nSPS) is 15.1. The Morgan fingerprint density at radius 3 is 2.67 bits per heavy atom. The lowest BCUT2D eigenvalue weighted by atomic mass is 10.1. The molecule has 1 amide bonds. The van der Waals surface area contributed by atoms with Crippen molar-refractivity contribution in [2.45, 2.75) is 32.5 Å². The van der Waals surface area contributed by atoms with Gasteiger partial charge in [-0.2, -0.15) is 5.26 Å². The summed E-state index contributed by atoms with van der Waals surface area (Å²) in [5.74, 6) is 0.537. The molecule has 21 heavy (non-hydrogen) atoms. The van der Waals surface area contributed by atoms with E-state index in [0.29, 0.717) is 24.4 Å². The zero-order chi connectivity index (χ0) is 15.6. The molecule has 112 valence electrons. The SMILES string of the molecule is CC(C)(C)OC(=O)N1CC(Oc2ccc(Br)cc2C#N)C1. The van der Waals surface area contributed by atoms with Crippen molar-refractivity contribution in [1.29, 1.82) is 5.26 Å². The van der Waals surface area contributed by atoms with Crippen LogP contribution in [0, 0.1) is 11.3 Å². The van der Waals surface area contributed by atoms with Crippen LogP contribution in [-0.4, -0.2) is 35.8 Å². The van der Waals surface area contributed by atoms with E-state index in [-0.39, 0.29) is 12.2 Å². The van der Waals surface area contributed by atoms with Gasteiger partial charge in [0.1, 0.15) is 23.5 Å². The number of nitrogens with zero attached hydrogens (tertiary/aromatic N) is 2. The van der Waals surface area contributed by atoms with E-state index in [1.54, 1.807) is 17.0 Å². The van der Waals surface area contributed by atoms with E-state index in [2.05, 4.69) is 22.0 Å². The Balaban J connectivity index is 1.89. The summed E-state index contributed by atoms with van der Waals surface area (Å²) >= 11 is 3.31. The topological polar surface area (TPSA) is 62.6 Å². The molecule has 6 heteroatoms. The summed E-state index contributed by atoms with van der Waals surface area (Å²) < 4.78 is 11.8. The van der Waals surface area contributed by atoms with Gasteiger partial charge < -0.3 is 14.4 Å². The molecule has 1 aromatic carbocycles. The number of nitriles is 1. The molecule has 1 saturated heterocycles. The van der Waals surface area contributed by atoms with E-state index < -0.39 is 5.60 Å². The third-order valence-electron chi connectivity index (χ3n) is 2.86. The van der Waals surface area contributed by atoms with Crippen molar-refractivity contribution in [3.05, 3.63) is 28.2 Å². The summed E-state index contributed by atoms with van der Waals surface area (Å²) in [6, 6.07) is 7.37. The first-order chi connectivity index (χ1) is 9.78. The zero-order valence-electron chi connectivity index (χ0n) is 12.2. The molecule has 1 aliphatic rings. The minimum atomic E-state index is -0.497. The average molecular weight is 353 g/mol. The van der Waals surface area contributed by atoms with Crippen molar-refractivity contribution >= 4 is 22.0 Å². The van der Waals surface area contributed by atoms with Crippen molar-refractivity contribution < 1.29 is 14.3 Å². The van der Waals surface area contributed by atoms with Crippen LogP contribution in [-0.2, 0) is 4.74 Å². The fraction of sp³-hybridized carbons (Fsp3) is 0.467. The highest BCUT2D eigenvalue weighted by atomic mass is 79.9. The summed E-state index contributed by atoms with van der Waals surface area (Å²) in [5, 5.41) is 9.08. The Kier molecular flexibility index (Phi) is 4.43. The lowest BCUT2D eigenvalue weighted by Gasteiger charge is -2.39. The number of carbonyl (C=O) groups is 1. The molecule has 5 nitrogen and oxygen atoms in total. The van der Waals surface area contributed by atoms with E-state index in [0.717, 1.165) is 4.47 Å². The van der Waals surface area contributed by atoms with E-state index >= 15 is 0 Å². The molecular weight excluding hydrogens is 336 g/mol. The summed E-state index contributed by atoms with van der Waals surface area (Å²) in [6.45, 7) is 6.44. The molecule has 0 bridgehead atoms.